The molecule has 7 unspecified atom stereocenters. The average molecular weight is 1020 g/mol. The van der Waals surface area contributed by atoms with Gasteiger partial charge in [0.15, 0.2) is 6.29 Å². The predicted octanol–water partition coefficient (Wildman–Crippen LogP) is 13.4. The highest BCUT2D eigenvalue weighted by Crippen LogP contribution is 2.23. The highest BCUT2D eigenvalue weighted by molar-refractivity contribution is 5.76. The van der Waals surface area contributed by atoms with Gasteiger partial charge in [-0.25, -0.2) is 0 Å². The number of allylic oxidation sites excluding steroid dienone is 9. The monoisotopic (exact) mass is 1020 g/mol. The molecule has 1 amide bonds. The Balaban J connectivity index is 2.14. The standard InChI is InChI=1S/C61H109NO10/c1-3-5-7-9-11-13-15-17-25-29-33-37-41-45-49-57(66)70-50-46-42-38-34-30-26-22-20-18-19-21-24-28-32-36-40-44-48-56(65)62-53(52-71-61-60(69)59(68)58(67)55(51-63)72-61)54(64)47-43-39-35-31-27-23-16-14-12-10-8-6-4-2/h9,11,15,17-18,20,26,30,43,47,53-55,58-61,63-64,67-69H,3-8,10,12-14,16,19,21-25,27-29,31-42,44-46,48-52H2,1-2H3,(H,62,65)/b11-9-,17-15-,20-18-,30-26-,47-43+. The van der Waals surface area contributed by atoms with Crippen molar-refractivity contribution in [3.63, 3.8) is 0 Å². The maximum absolute atomic E-state index is 13.0. The van der Waals surface area contributed by atoms with Crippen molar-refractivity contribution in [1.82, 2.24) is 5.32 Å². The van der Waals surface area contributed by atoms with Gasteiger partial charge in [-0.1, -0.05) is 203 Å². The Morgan fingerprint density at radius 1 is 0.514 bits per heavy atom. The number of aliphatic hydroxyl groups is 5. The summed E-state index contributed by atoms with van der Waals surface area (Å²) >= 11 is 0. The van der Waals surface area contributed by atoms with Crippen molar-refractivity contribution in [2.45, 2.75) is 294 Å². The molecule has 0 spiro atoms. The van der Waals surface area contributed by atoms with Gasteiger partial charge in [0.25, 0.3) is 0 Å². The number of nitrogens with one attached hydrogen (secondary N) is 1. The Kier molecular flexibility index (Phi) is 47.3. The number of amides is 1. The van der Waals surface area contributed by atoms with Gasteiger partial charge < -0.3 is 45.1 Å². The zero-order valence-electron chi connectivity index (χ0n) is 45.9. The zero-order chi connectivity index (χ0) is 52.4. The molecule has 1 aliphatic heterocycles. The summed E-state index contributed by atoms with van der Waals surface area (Å²) in [6.45, 7) is 4.23. The van der Waals surface area contributed by atoms with Crippen molar-refractivity contribution in [1.29, 1.82) is 0 Å². The van der Waals surface area contributed by atoms with Crippen molar-refractivity contribution >= 4 is 11.9 Å². The molecular weight excluding hydrogens is 907 g/mol. The second kappa shape index (κ2) is 50.5. The molecule has 1 heterocycles. The van der Waals surface area contributed by atoms with Crippen LogP contribution in [0.3, 0.4) is 0 Å². The van der Waals surface area contributed by atoms with Crippen molar-refractivity contribution in [2.75, 3.05) is 19.8 Å². The number of unbranched alkanes of at least 4 members (excludes halogenated alkanes) is 28. The lowest BCUT2D eigenvalue weighted by atomic mass is 9.99. The third kappa shape index (κ3) is 39.8. The lowest BCUT2D eigenvalue weighted by molar-refractivity contribution is -0.302. The molecule has 72 heavy (non-hydrogen) atoms. The SMILES string of the molecule is CCCC/C=C\C/C=C\CCCCCCCC(=O)OCCCCC/C=C\C/C=C\CCCCCCCCCC(=O)NC(COC1OC(CO)C(O)C(O)C1O)C(O)/C=C/CCCCCCCCCCCCC. The highest BCUT2D eigenvalue weighted by atomic mass is 16.7. The first-order chi connectivity index (χ1) is 35.2. The average Bonchev–Trinajstić information content (AvgIpc) is 3.38. The van der Waals surface area contributed by atoms with E-state index < -0.39 is 49.5 Å². The molecule has 7 atom stereocenters. The largest absolute Gasteiger partial charge is 0.466 e. The minimum Gasteiger partial charge on any atom is -0.466 e. The van der Waals surface area contributed by atoms with Gasteiger partial charge >= 0.3 is 5.97 Å². The van der Waals surface area contributed by atoms with Crippen molar-refractivity contribution in [3.8, 4) is 0 Å². The Labute approximate surface area is 439 Å². The normalized spacial score (nSPS) is 19.5. The lowest BCUT2D eigenvalue weighted by Crippen LogP contribution is -2.60. The van der Waals surface area contributed by atoms with Crippen LogP contribution in [0.15, 0.2) is 60.8 Å². The number of aliphatic hydroxyl groups excluding tert-OH is 5. The summed E-state index contributed by atoms with van der Waals surface area (Å²) in [6, 6.07) is -0.824. The minimum atomic E-state index is -1.58. The highest BCUT2D eigenvalue weighted by Gasteiger charge is 2.44. The Morgan fingerprint density at radius 3 is 1.44 bits per heavy atom. The van der Waals surface area contributed by atoms with Gasteiger partial charge in [-0.15, -0.1) is 0 Å². The van der Waals surface area contributed by atoms with E-state index >= 15 is 0 Å². The molecule has 1 saturated heterocycles. The fraction of sp³-hybridized carbons (Fsp3) is 0.803. The molecule has 1 fully saturated rings. The number of rotatable bonds is 50. The molecule has 0 aromatic rings. The van der Waals surface area contributed by atoms with E-state index in [-0.39, 0.29) is 18.5 Å². The minimum absolute atomic E-state index is 0.0477. The van der Waals surface area contributed by atoms with E-state index in [1.807, 2.05) is 6.08 Å². The quantitative estimate of drug-likeness (QED) is 0.0195. The van der Waals surface area contributed by atoms with Crippen LogP contribution >= 0.6 is 0 Å². The molecule has 0 saturated carbocycles. The van der Waals surface area contributed by atoms with E-state index in [2.05, 4.69) is 67.8 Å². The van der Waals surface area contributed by atoms with Gasteiger partial charge in [-0.3, -0.25) is 9.59 Å². The Morgan fingerprint density at radius 2 is 0.944 bits per heavy atom. The van der Waals surface area contributed by atoms with E-state index in [0.717, 1.165) is 109 Å². The van der Waals surface area contributed by atoms with Crippen LogP contribution < -0.4 is 5.32 Å². The van der Waals surface area contributed by atoms with E-state index in [4.69, 9.17) is 14.2 Å². The second-order valence-corrected chi connectivity index (χ2v) is 20.3. The molecule has 1 rings (SSSR count). The zero-order valence-corrected chi connectivity index (χ0v) is 45.9. The van der Waals surface area contributed by atoms with Crippen LogP contribution in [0.2, 0.25) is 0 Å². The maximum atomic E-state index is 13.0. The Bertz CT molecular complexity index is 1380. The van der Waals surface area contributed by atoms with Gasteiger partial charge in [-0.05, 0) is 96.3 Å². The van der Waals surface area contributed by atoms with E-state index in [1.165, 1.54) is 116 Å². The van der Waals surface area contributed by atoms with Crippen molar-refractivity contribution in [2.24, 2.45) is 0 Å². The summed E-state index contributed by atoms with van der Waals surface area (Å²) in [5.74, 6) is -0.247. The molecule has 418 valence electrons. The van der Waals surface area contributed by atoms with Crippen LogP contribution in [0.25, 0.3) is 0 Å². The third-order valence-electron chi connectivity index (χ3n) is 13.6. The summed E-state index contributed by atoms with van der Waals surface area (Å²) in [4.78, 5) is 25.1. The van der Waals surface area contributed by atoms with Gasteiger partial charge in [0, 0.05) is 12.8 Å². The number of carbonyl (C=O) groups is 2. The smallest absolute Gasteiger partial charge is 0.305 e. The molecule has 0 radical (unpaired) electrons. The van der Waals surface area contributed by atoms with Crippen LogP contribution in [0.1, 0.15) is 251 Å². The molecule has 0 bridgehead atoms. The Hall–Kier alpha value is -2.64. The van der Waals surface area contributed by atoms with Gasteiger partial charge in [-0.2, -0.15) is 0 Å². The molecule has 0 aromatic heterocycles. The van der Waals surface area contributed by atoms with E-state index in [9.17, 15) is 35.1 Å². The number of ether oxygens (including phenoxy) is 3. The first-order valence-corrected chi connectivity index (χ1v) is 29.6. The first kappa shape index (κ1) is 67.4. The van der Waals surface area contributed by atoms with E-state index in [0.29, 0.717) is 19.4 Å². The fourth-order valence-corrected chi connectivity index (χ4v) is 8.83. The summed E-state index contributed by atoms with van der Waals surface area (Å²) in [7, 11) is 0. The number of hydrogen-bond donors (Lipinski definition) is 6. The van der Waals surface area contributed by atoms with Gasteiger partial charge in [0.2, 0.25) is 5.91 Å². The van der Waals surface area contributed by atoms with Crippen LogP contribution in [0.4, 0.5) is 0 Å². The molecule has 1 aliphatic rings. The number of carbonyl (C=O) groups excluding carboxylic acids is 2. The fourth-order valence-electron chi connectivity index (χ4n) is 8.83. The summed E-state index contributed by atoms with van der Waals surface area (Å²) in [5.41, 5.74) is 0. The first-order valence-electron chi connectivity index (χ1n) is 29.6. The summed E-state index contributed by atoms with van der Waals surface area (Å²) < 4.78 is 16.7. The molecule has 11 nitrogen and oxygen atoms in total. The van der Waals surface area contributed by atoms with Crippen molar-refractivity contribution < 1.29 is 49.3 Å². The molecule has 11 heteroatoms. The molecular formula is C61H109NO10. The van der Waals surface area contributed by atoms with Gasteiger partial charge in [0.05, 0.1) is 32.0 Å². The summed E-state index contributed by atoms with van der Waals surface area (Å²) in [5, 5.41) is 54.4. The van der Waals surface area contributed by atoms with Crippen LogP contribution in [-0.4, -0.2) is 100 Å². The van der Waals surface area contributed by atoms with E-state index in [1.54, 1.807) is 6.08 Å². The molecule has 6 N–H and O–H groups in total. The van der Waals surface area contributed by atoms with Crippen LogP contribution in [-0.2, 0) is 23.8 Å². The topological polar surface area (TPSA) is 175 Å². The molecule has 0 aliphatic carbocycles. The van der Waals surface area contributed by atoms with Crippen molar-refractivity contribution in [3.05, 3.63) is 60.8 Å². The second-order valence-electron chi connectivity index (χ2n) is 20.3. The molecule has 0 aromatic carbocycles. The van der Waals surface area contributed by atoms with Crippen LogP contribution in [0, 0.1) is 0 Å². The number of hydrogen-bond acceptors (Lipinski definition) is 10. The third-order valence-corrected chi connectivity index (χ3v) is 13.6. The summed E-state index contributed by atoms with van der Waals surface area (Å²) in [6.07, 6.45) is 54.4. The predicted molar refractivity (Wildman–Crippen MR) is 296 cm³/mol. The number of esters is 1. The van der Waals surface area contributed by atoms with Gasteiger partial charge in [0.1, 0.15) is 24.4 Å². The maximum Gasteiger partial charge on any atom is 0.305 e. The van der Waals surface area contributed by atoms with Crippen LogP contribution in [0.5, 0.6) is 0 Å². The lowest BCUT2D eigenvalue weighted by Gasteiger charge is -2.40.